The number of amides is 1. The highest BCUT2D eigenvalue weighted by molar-refractivity contribution is 9.10. The summed E-state index contributed by atoms with van der Waals surface area (Å²) in [6, 6.07) is 13.5. The van der Waals surface area contributed by atoms with Gasteiger partial charge in [0.25, 0.3) is 0 Å². The third kappa shape index (κ3) is 2.89. The van der Waals surface area contributed by atoms with E-state index < -0.39 is 11.6 Å². The Kier molecular flexibility index (Phi) is 4.09. The average Bonchev–Trinajstić information content (AvgIpc) is 2.83. The molecule has 6 heteroatoms. The van der Waals surface area contributed by atoms with Crippen LogP contribution < -0.4 is 4.90 Å². The predicted octanol–water partition coefficient (Wildman–Crippen LogP) is 5.05. The fourth-order valence-corrected chi connectivity index (χ4v) is 3.33. The summed E-state index contributed by atoms with van der Waals surface area (Å²) < 4.78 is 2.60. The zero-order valence-electron chi connectivity index (χ0n) is 13.7. The van der Waals surface area contributed by atoms with E-state index in [0.717, 1.165) is 21.2 Å². The quantitative estimate of drug-likeness (QED) is 0.669. The fourth-order valence-electron chi connectivity index (χ4n) is 2.71. The zero-order valence-corrected chi connectivity index (χ0v) is 15.3. The van der Waals surface area contributed by atoms with E-state index in [1.54, 1.807) is 16.8 Å². The molecule has 0 aliphatic rings. The third-order valence-electron chi connectivity index (χ3n) is 3.72. The average molecular weight is 388 g/mol. The summed E-state index contributed by atoms with van der Waals surface area (Å²) in [5, 5.41) is 14.2. The van der Waals surface area contributed by atoms with E-state index >= 15 is 0 Å². The summed E-state index contributed by atoms with van der Waals surface area (Å²) in [4.78, 5) is 13.0. The molecule has 3 rings (SSSR count). The van der Waals surface area contributed by atoms with Gasteiger partial charge in [0.2, 0.25) is 0 Å². The Bertz CT molecular complexity index is 898. The predicted molar refractivity (Wildman–Crippen MR) is 98.6 cm³/mol. The van der Waals surface area contributed by atoms with Crippen LogP contribution in [0.25, 0.3) is 16.8 Å². The van der Waals surface area contributed by atoms with Crippen LogP contribution in [0.3, 0.4) is 0 Å². The first-order valence-corrected chi connectivity index (χ1v) is 8.35. The number of benzene rings is 1. The van der Waals surface area contributed by atoms with E-state index in [-0.39, 0.29) is 0 Å². The van der Waals surface area contributed by atoms with Crippen molar-refractivity contribution in [2.24, 2.45) is 0 Å². The largest absolute Gasteiger partial charge is 0.465 e. The number of nitrogens with zero attached hydrogens (tertiary/aromatic N) is 3. The summed E-state index contributed by atoms with van der Waals surface area (Å²) in [7, 11) is 0. The van der Waals surface area contributed by atoms with E-state index in [1.807, 2.05) is 57.2 Å². The number of aromatic nitrogens is 2. The van der Waals surface area contributed by atoms with Crippen LogP contribution in [-0.4, -0.2) is 26.4 Å². The maximum absolute atomic E-state index is 11.7. The molecule has 3 aromatic rings. The van der Waals surface area contributed by atoms with Crippen LogP contribution in [0.1, 0.15) is 20.8 Å². The maximum Gasteiger partial charge on any atom is 0.412 e. The Morgan fingerprint density at radius 2 is 1.83 bits per heavy atom. The fraction of sp³-hybridized carbons (Fsp3) is 0.222. The van der Waals surface area contributed by atoms with Crippen molar-refractivity contribution in [2.45, 2.75) is 26.3 Å². The Morgan fingerprint density at radius 3 is 2.42 bits per heavy atom. The first-order chi connectivity index (χ1) is 11.3. The van der Waals surface area contributed by atoms with Crippen molar-refractivity contribution >= 4 is 33.2 Å². The molecule has 2 aromatic heterocycles. The van der Waals surface area contributed by atoms with Crippen LogP contribution >= 0.6 is 15.9 Å². The van der Waals surface area contributed by atoms with Crippen molar-refractivity contribution in [2.75, 3.05) is 4.90 Å². The lowest BCUT2D eigenvalue weighted by molar-refractivity contribution is 0.195. The first-order valence-electron chi connectivity index (χ1n) is 7.55. The molecule has 124 valence electrons. The van der Waals surface area contributed by atoms with Crippen molar-refractivity contribution < 1.29 is 9.90 Å². The molecule has 0 aliphatic carbocycles. The van der Waals surface area contributed by atoms with Gasteiger partial charge in [-0.25, -0.2) is 9.31 Å². The molecule has 1 N–H and O–H groups in total. The van der Waals surface area contributed by atoms with E-state index in [0.29, 0.717) is 5.69 Å². The Balaban J connectivity index is 2.14. The summed E-state index contributed by atoms with van der Waals surface area (Å²) in [6.45, 7) is 5.58. The number of halogens is 1. The van der Waals surface area contributed by atoms with Gasteiger partial charge in [-0.1, -0.05) is 30.3 Å². The lowest BCUT2D eigenvalue weighted by Crippen LogP contribution is -2.45. The van der Waals surface area contributed by atoms with Crippen molar-refractivity contribution in [3.05, 3.63) is 53.1 Å². The van der Waals surface area contributed by atoms with Gasteiger partial charge >= 0.3 is 6.09 Å². The minimum atomic E-state index is -0.989. The molecule has 0 aliphatic heterocycles. The van der Waals surface area contributed by atoms with Crippen molar-refractivity contribution in [1.29, 1.82) is 0 Å². The van der Waals surface area contributed by atoms with E-state index in [9.17, 15) is 9.90 Å². The van der Waals surface area contributed by atoms with Gasteiger partial charge < -0.3 is 5.11 Å². The molecule has 0 bridgehead atoms. The zero-order chi connectivity index (χ0) is 17.5. The second kappa shape index (κ2) is 5.94. The van der Waals surface area contributed by atoms with Crippen LogP contribution in [0.2, 0.25) is 0 Å². The van der Waals surface area contributed by atoms with Crippen LogP contribution in [0.5, 0.6) is 0 Å². The number of hydrogen-bond acceptors (Lipinski definition) is 2. The molecule has 0 saturated heterocycles. The Labute approximate surface area is 148 Å². The molecule has 24 heavy (non-hydrogen) atoms. The smallest absolute Gasteiger partial charge is 0.412 e. The molecular weight excluding hydrogens is 370 g/mol. The van der Waals surface area contributed by atoms with Crippen molar-refractivity contribution in [3.63, 3.8) is 0 Å². The highest BCUT2D eigenvalue weighted by Crippen LogP contribution is 2.33. The number of rotatable bonds is 2. The summed E-state index contributed by atoms with van der Waals surface area (Å²) in [6.07, 6.45) is 0.752. The Hall–Kier alpha value is -2.34. The molecule has 0 spiro atoms. The number of hydrogen-bond donors (Lipinski definition) is 1. The topological polar surface area (TPSA) is 57.8 Å². The van der Waals surface area contributed by atoms with Gasteiger partial charge in [0, 0.05) is 11.1 Å². The number of fused-ring (bicyclic) bond motifs is 1. The van der Waals surface area contributed by atoms with E-state index in [1.165, 1.54) is 4.90 Å². The van der Waals surface area contributed by atoms with Gasteiger partial charge in [-0.2, -0.15) is 5.10 Å². The van der Waals surface area contributed by atoms with E-state index in [4.69, 9.17) is 0 Å². The standard InChI is InChI=1S/C18H18BrN3O2/c1-18(2,3)22(17(23)24)13-9-10-14-15(19)16(20-21(14)11-13)12-7-5-4-6-8-12/h4-11H,1-3H3,(H,23,24). The monoisotopic (exact) mass is 387 g/mol. The molecule has 1 amide bonds. The Morgan fingerprint density at radius 1 is 1.17 bits per heavy atom. The highest BCUT2D eigenvalue weighted by Gasteiger charge is 2.28. The molecule has 2 heterocycles. The normalized spacial score (nSPS) is 11.7. The van der Waals surface area contributed by atoms with Gasteiger partial charge in [0.1, 0.15) is 5.69 Å². The molecule has 0 radical (unpaired) electrons. The molecule has 5 nitrogen and oxygen atoms in total. The van der Waals surface area contributed by atoms with Gasteiger partial charge in [-0.05, 0) is 48.8 Å². The molecular formula is C18H18BrN3O2. The first kappa shape index (κ1) is 16.5. The van der Waals surface area contributed by atoms with Gasteiger partial charge in [-0.3, -0.25) is 4.90 Å². The number of anilines is 1. The van der Waals surface area contributed by atoms with Gasteiger partial charge in [0.05, 0.1) is 21.9 Å². The van der Waals surface area contributed by atoms with Crippen LogP contribution in [0, 0.1) is 0 Å². The van der Waals surface area contributed by atoms with E-state index in [2.05, 4.69) is 21.0 Å². The lowest BCUT2D eigenvalue weighted by Gasteiger charge is -2.32. The molecule has 0 atom stereocenters. The summed E-state index contributed by atoms with van der Waals surface area (Å²) >= 11 is 3.61. The second-order valence-corrected chi connectivity index (χ2v) is 7.33. The number of carboxylic acid groups (broad SMARTS) is 1. The summed E-state index contributed by atoms with van der Waals surface area (Å²) in [5.74, 6) is 0. The minimum Gasteiger partial charge on any atom is -0.465 e. The molecule has 0 fully saturated rings. The van der Waals surface area contributed by atoms with Gasteiger partial charge in [-0.15, -0.1) is 0 Å². The van der Waals surface area contributed by atoms with Gasteiger partial charge in [0.15, 0.2) is 0 Å². The maximum atomic E-state index is 11.7. The highest BCUT2D eigenvalue weighted by atomic mass is 79.9. The molecule has 0 unspecified atom stereocenters. The summed E-state index contributed by atoms with van der Waals surface area (Å²) in [5.41, 5.74) is 2.74. The molecule has 1 aromatic carbocycles. The third-order valence-corrected chi connectivity index (χ3v) is 4.50. The number of pyridine rings is 1. The van der Waals surface area contributed by atoms with Crippen molar-refractivity contribution in [3.8, 4) is 11.3 Å². The SMILES string of the molecule is CC(C)(C)N(C(=O)O)c1ccc2c(Br)c(-c3ccccc3)nn2c1. The number of carbonyl (C=O) groups is 1. The van der Waals surface area contributed by atoms with Crippen molar-refractivity contribution in [1.82, 2.24) is 9.61 Å². The van der Waals surface area contributed by atoms with Crippen LogP contribution in [0.4, 0.5) is 10.5 Å². The lowest BCUT2D eigenvalue weighted by atomic mass is 10.1. The molecule has 0 saturated carbocycles. The second-order valence-electron chi connectivity index (χ2n) is 6.53. The van der Waals surface area contributed by atoms with Crippen LogP contribution in [-0.2, 0) is 0 Å². The minimum absolute atomic E-state index is 0.549. The van der Waals surface area contributed by atoms with Crippen LogP contribution in [0.15, 0.2) is 53.1 Å².